The number of ether oxygens (including phenoxy) is 1. The van der Waals surface area contributed by atoms with Crippen LogP contribution in [0.4, 0.5) is 26.3 Å². The molecule has 0 spiro atoms. The topological polar surface area (TPSA) is 9.23 Å². The number of fused-ring (bicyclic) bond motifs is 1. The molecule has 166 valence electrons. The summed E-state index contributed by atoms with van der Waals surface area (Å²) in [4.78, 5) is 0. The van der Waals surface area contributed by atoms with Crippen molar-refractivity contribution in [3.8, 4) is 16.9 Å². The molecule has 0 heterocycles. The summed E-state index contributed by atoms with van der Waals surface area (Å²) in [5.74, 6) is -5.34. The quantitative estimate of drug-likeness (QED) is 0.378. The van der Waals surface area contributed by atoms with Crippen LogP contribution in [0, 0.1) is 17.5 Å². The smallest absolute Gasteiger partial charge is 0.399 e. The molecule has 1 aliphatic carbocycles. The third-order valence-electron chi connectivity index (χ3n) is 5.53. The summed E-state index contributed by atoms with van der Waals surface area (Å²) >= 11 is 0. The van der Waals surface area contributed by atoms with Gasteiger partial charge in [-0.2, -0.15) is 0 Å². The maximum atomic E-state index is 15.2. The number of hydrogen-bond acceptors (Lipinski definition) is 1. The van der Waals surface area contributed by atoms with Crippen molar-refractivity contribution in [2.75, 3.05) is 0 Å². The molecule has 7 heteroatoms. The zero-order chi connectivity index (χ0) is 23.0. The van der Waals surface area contributed by atoms with Gasteiger partial charge in [0.1, 0.15) is 5.82 Å². The molecule has 0 bridgehead atoms. The van der Waals surface area contributed by atoms with Crippen LogP contribution in [-0.4, -0.2) is 6.36 Å². The molecule has 0 radical (unpaired) electrons. The van der Waals surface area contributed by atoms with Gasteiger partial charge >= 0.3 is 6.36 Å². The Kier molecular flexibility index (Phi) is 5.75. The Bertz CT molecular complexity index is 1170. The predicted octanol–water partition coefficient (Wildman–Crippen LogP) is 7.41. The van der Waals surface area contributed by atoms with E-state index in [4.69, 9.17) is 0 Å². The van der Waals surface area contributed by atoms with E-state index in [1.165, 1.54) is 11.6 Å². The van der Waals surface area contributed by atoms with Gasteiger partial charge in [0.15, 0.2) is 11.6 Å². The zero-order valence-corrected chi connectivity index (χ0v) is 17.0. The van der Waals surface area contributed by atoms with Crippen LogP contribution < -0.4 is 4.74 Å². The standard InChI is InChI=1S/C25H18F6O/c1-2-14-3-5-15(6-4-14)16-7-9-19-17(11-16)8-10-20(23(19)28)18-12-21(26)24(22(27)13-18)32-25(29,30)31/h3-8,10,12-13H,2,9,11H2,1H3. The highest BCUT2D eigenvalue weighted by Gasteiger charge is 2.34. The van der Waals surface area contributed by atoms with E-state index in [1.54, 1.807) is 6.07 Å². The van der Waals surface area contributed by atoms with Gasteiger partial charge in [0.2, 0.25) is 5.75 Å². The second-order valence-electron chi connectivity index (χ2n) is 7.54. The summed E-state index contributed by atoms with van der Waals surface area (Å²) in [7, 11) is 0. The second kappa shape index (κ2) is 8.37. The van der Waals surface area contributed by atoms with E-state index in [1.807, 2.05) is 30.3 Å². The van der Waals surface area contributed by atoms with Crippen molar-refractivity contribution in [3.05, 3.63) is 94.3 Å². The third-order valence-corrected chi connectivity index (χ3v) is 5.53. The lowest BCUT2D eigenvalue weighted by molar-refractivity contribution is -0.276. The minimum Gasteiger partial charge on any atom is -0.399 e. The molecule has 0 saturated carbocycles. The number of halogens is 6. The van der Waals surface area contributed by atoms with Gasteiger partial charge in [-0.05, 0) is 64.8 Å². The molecule has 0 unspecified atom stereocenters. The van der Waals surface area contributed by atoms with E-state index >= 15 is 4.39 Å². The summed E-state index contributed by atoms with van der Waals surface area (Å²) in [5.41, 5.74) is 4.16. The Labute approximate surface area is 181 Å². The average Bonchev–Trinajstić information content (AvgIpc) is 2.75. The first-order chi connectivity index (χ1) is 15.2. The van der Waals surface area contributed by atoms with Crippen molar-refractivity contribution < 1.29 is 31.1 Å². The normalized spacial score (nSPS) is 13.5. The van der Waals surface area contributed by atoms with Crippen LogP contribution >= 0.6 is 0 Å². The molecule has 0 fully saturated rings. The summed E-state index contributed by atoms with van der Waals surface area (Å²) < 4.78 is 83.8. The predicted molar refractivity (Wildman–Crippen MR) is 110 cm³/mol. The van der Waals surface area contributed by atoms with Gasteiger partial charge < -0.3 is 4.74 Å². The van der Waals surface area contributed by atoms with E-state index in [-0.39, 0.29) is 11.1 Å². The summed E-state index contributed by atoms with van der Waals surface area (Å²) in [6, 6.07) is 12.5. The summed E-state index contributed by atoms with van der Waals surface area (Å²) in [6.45, 7) is 2.07. The Hall–Kier alpha value is -3.22. The molecule has 0 aliphatic heterocycles. The highest BCUT2D eigenvalue weighted by molar-refractivity contribution is 5.73. The molecule has 3 aromatic rings. The van der Waals surface area contributed by atoms with Crippen LogP contribution in [0.25, 0.3) is 16.7 Å². The molecule has 0 atom stereocenters. The Morgan fingerprint density at radius 3 is 2.12 bits per heavy atom. The third kappa shape index (κ3) is 4.38. The van der Waals surface area contributed by atoms with E-state index in [9.17, 15) is 22.0 Å². The van der Waals surface area contributed by atoms with Gasteiger partial charge in [0.25, 0.3) is 0 Å². The summed E-state index contributed by atoms with van der Waals surface area (Å²) in [6.07, 6.45) is -1.61. The number of allylic oxidation sites excluding steroid dienone is 2. The maximum Gasteiger partial charge on any atom is 0.573 e. The van der Waals surface area contributed by atoms with Crippen LogP contribution in [0.1, 0.15) is 29.2 Å². The number of hydrogen-bond donors (Lipinski definition) is 0. The molecular weight excluding hydrogens is 430 g/mol. The largest absolute Gasteiger partial charge is 0.573 e. The van der Waals surface area contributed by atoms with E-state index < -0.39 is 29.6 Å². The molecule has 1 nitrogen and oxygen atoms in total. The highest BCUT2D eigenvalue weighted by atomic mass is 19.4. The summed E-state index contributed by atoms with van der Waals surface area (Å²) in [5, 5.41) is 0. The Balaban J connectivity index is 1.65. The number of rotatable bonds is 4. The fourth-order valence-corrected chi connectivity index (χ4v) is 3.88. The van der Waals surface area contributed by atoms with Crippen LogP contribution in [0.15, 0.2) is 54.6 Å². The Morgan fingerprint density at radius 2 is 1.53 bits per heavy atom. The van der Waals surface area contributed by atoms with Crippen LogP contribution in [0.3, 0.4) is 0 Å². The van der Waals surface area contributed by atoms with Crippen molar-refractivity contribution >= 4 is 5.57 Å². The van der Waals surface area contributed by atoms with Gasteiger partial charge in [-0.25, -0.2) is 13.2 Å². The maximum absolute atomic E-state index is 15.2. The zero-order valence-electron chi connectivity index (χ0n) is 17.0. The first-order valence-corrected chi connectivity index (χ1v) is 10.00. The van der Waals surface area contributed by atoms with Gasteiger partial charge in [0, 0.05) is 5.56 Å². The van der Waals surface area contributed by atoms with Crippen molar-refractivity contribution in [2.24, 2.45) is 0 Å². The van der Waals surface area contributed by atoms with Crippen molar-refractivity contribution in [2.45, 2.75) is 32.5 Å². The van der Waals surface area contributed by atoms with Gasteiger partial charge in [0.05, 0.1) is 0 Å². The average molecular weight is 448 g/mol. The lowest BCUT2D eigenvalue weighted by atomic mass is 9.85. The molecule has 0 N–H and O–H groups in total. The van der Waals surface area contributed by atoms with Gasteiger partial charge in [-0.15, -0.1) is 13.2 Å². The van der Waals surface area contributed by atoms with E-state index in [0.717, 1.165) is 23.1 Å². The lowest BCUT2D eigenvalue weighted by Gasteiger charge is -2.20. The molecule has 0 saturated heterocycles. The SMILES string of the molecule is CCc1ccc(C2=CCc3c(ccc(-c4cc(F)c(OC(F)(F)F)c(F)c4)c3F)C2)cc1. The minimum absolute atomic E-state index is 0.0933. The van der Waals surface area contributed by atoms with Gasteiger partial charge in [-0.1, -0.05) is 49.4 Å². The van der Waals surface area contributed by atoms with Crippen molar-refractivity contribution in [1.82, 2.24) is 0 Å². The van der Waals surface area contributed by atoms with Crippen LogP contribution in [-0.2, 0) is 19.3 Å². The number of aryl methyl sites for hydroxylation is 1. The van der Waals surface area contributed by atoms with Crippen LogP contribution in [0.2, 0.25) is 0 Å². The Morgan fingerprint density at radius 1 is 0.875 bits per heavy atom. The molecule has 3 aromatic carbocycles. The molecule has 4 rings (SSSR count). The first-order valence-electron chi connectivity index (χ1n) is 10.00. The molecule has 0 amide bonds. The molecule has 0 aromatic heterocycles. The molecular formula is C25H18F6O. The molecule has 1 aliphatic rings. The highest BCUT2D eigenvalue weighted by Crippen LogP contribution is 2.37. The van der Waals surface area contributed by atoms with E-state index in [2.05, 4.69) is 11.7 Å². The number of benzene rings is 3. The monoisotopic (exact) mass is 448 g/mol. The van der Waals surface area contributed by atoms with E-state index in [0.29, 0.717) is 30.5 Å². The fourth-order valence-electron chi connectivity index (χ4n) is 3.88. The van der Waals surface area contributed by atoms with Crippen molar-refractivity contribution in [3.63, 3.8) is 0 Å². The fraction of sp³-hybridized carbons (Fsp3) is 0.200. The second-order valence-corrected chi connectivity index (χ2v) is 7.54. The lowest BCUT2D eigenvalue weighted by Crippen LogP contribution is -2.19. The van der Waals surface area contributed by atoms with Crippen LogP contribution in [0.5, 0.6) is 5.75 Å². The molecule has 32 heavy (non-hydrogen) atoms. The first kappa shape index (κ1) is 22.0. The minimum atomic E-state index is -5.25. The van der Waals surface area contributed by atoms with Crippen molar-refractivity contribution in [1.29, 1.82) is 0 Å². The number of alkyl halides is 3. The van der Waals surface area contributed by atoms with Gasteiger partial charge in [-0.3, -0.25) is 0 Å².